The summed E-state index contributed by atoms with van der Waals surface area (Å²) in [5, 5.41) is 3.24. The molecule has 0 spiro atoms. The summed E-state index contributed by atoms with van der Waals surface area (Å²) < 4.78 is 27.5. The molecule has 0 radical (unpaired) electrons. The van der Waals surface area contributed by atoms with E-state index in [0.29, 0.717) is 23.9 Å². The molecule has 0 heterocycles. The third-order valence-corrected chi connectivity index (χ3v) is 5.85. The molecule has 1 aliphatic rings. The minimum atomic E-state index is -3.41. The Hall–Kier alpha value is -0.910. The summed E-state index contributed by atoms with van der Waals surface area (Å²) >= 11 is 0. The first-order valence-electron chi connectivity index (χ1n) is 7.56. The molecule has 1 atom stereocenters. The van der Waals surface area contributed by atoms with Crippen LogP contribution in [0.3, 0.4) is 0 Å². The van der Waals surface area contributed by atoms with Gasteiger partial charge >= 0.3 is 0 Å². The van der Waals surface area contributed by atoms with E-state index >= 15 is 0 Å². The first kappa shape index (κ1) is 16.5. The molecule has 1 unspecified atom stereocenters. The summed E-state index contributed by atoms with van der Waals surface area (Å²) in [6.07, 6.45) is 1.09. The molecule has 1 aromatic rings. The van der Waals surface area contributed by atoms with Crippen LogP contribution in [0.15, 0.2) is 23.1 Å². The average Bonchev–Trinajstić information content (AvgIpc) is 3.03. The van der Waals surface area contributed by atoms with Gasteiger partial charge in [-0.1, -0.05) is 26.8 Å². The molecular weight excluding hydrogens is 284 g/mol. The number of sulfonamides is 1. The predicted molar refractivity (Wildman–Crippen MR) is 85.6 cm³/mol. The van der Waals surface area contributed by atoms with Gasteiger partial charge in [-0.2, -0.15) is 0 Å². The number of hydrogen-bond acceptors (Lipinski definition) is 3. The fraction of sp³-hybridized carbons (Fsp3) is 0.625. The monoisotopic (exact) mass is 310 g/mol. The summed E-state index contributed by atoms with van der Waals surface area (Å²) in [7, 11) is -3.41. The maximum atomic E-state index is 12.4. The number of benzene rings is 1. The largest absolute Gasteiger partial charge is 0.313 e. The van der Waals surface area contributed by atoms with Gasteiger partial charge in [0.2, 0.25) is 10.0 Å². The maximum absolute atomic E-state index is 12.4. The van der Waals surface area contributed by atoms with Crippen LogP contribution in [0.1, 0.15) is 38.3 Å². The van der Waals surface area contributed by atoms with Gasteiger partial charge in [-0.3, -0.25) is 0 Å². The summed E-state index contributed by atoms with van der Waals surface area (Å²) in [4.78, 5) is 0.361. The molecule has 1 fully saturated rings. The van der Waals surface area contributed by atoms with Crippen molar-refractivity contribution in [2.75, 3.05) is 13.1 Å². The van der Waals surface area contributed by atoms with Crippen molar-refractivity contribution in [3.8, 4) is 0 Å². The van der Waals surface area contributed by atoms with Crippen LogP contribution in [0.25, 0.3) is 0 Å². The number of hydrogen-bond donors (Lipinski definition) is 2. The Balaban J connectivity index is 2.08. The minimum Gasteiger partial charge on any atom is -0.313 e. The molecule has 2 N–H and O–H groups in total. The van der Waals surface area contributed by atoms with E-state index in [1.165, 1.54) is 0 Å². The third-order valence-electron chi connectivity index (χ3n) is 4.43. The zero-order valence-electron chi connectivity index (χ0n) is 13.4. The van der Waals surface area contributed by atoms with Gasteiger partial charge in [0.15, 0.2) is 0 Å². The highest BCUT2D eigenvalue weighted by molar-refractivity contribution is 7.89. The van der Waals surface area contributed by atoms with E-state index in [4.69, 9.17) is 0 Å². The molecule has 2 rings (SSSR count). The lowest BCUT2D eigenvalue weighted by Gasteiger charge is -2.11. The van der Waals surface area contributed by atoms with Crippen molar-refractivity contribution in [2.24, 2.45) is 11.3 Å². The maximum Gasteiger partial charge on any atom is 0.240 e. The molecule has 4 nitrogen and oxygen atoms in total. The molecule has 1 saturated carbocycles. The molecule has 21 heavy (non-hydrogen) atoms. The lowest BCUT2D eigenvalue weighted by molar-refractivity contribution is 0.537. The second kappa shape index (κ2) is 6.07. The highest BCUT2D eigenvalue weighted by Crippen LogP contribution is 2.51. The number of rotatable bonds is 7. The van der Waals surface area contributed by atoms with Crippen molar-refractivity contribution in [3.05, 3.63) is 29.3 Å². The van der Waals surface area contributed by atoms with Crippen molar-refractivity contribution < 1.29 is 8.42 Å². The first-order valence-corrected chi connectivity index (χ1v) is 9.04. The minimum absolute atomic E-state index is 0.284. The Morgan fingerprint density at radius 3 is 2.57 bits per heavy atom. The average molecular weight is 310 g/mol. The standard InChI is InChI=1S/C16H26N2O2S/c1-5-17-10-13-8-15(7-6-12(13)2)21(19,20)18-11-14-9-16(14,3)4/h6-8,14,17-18H,5,9-11H2,1-4H3. The fourth-order valence-corrected chi connectivity index (χ4v) is 3.62. The third kappa shape index (κ3) is 4.05. The Labute approximate surface area is 128 Å². The molecule has 5 heteroatoms. The zero-order chi connectivity index (χ0) is 15.7. The van der Waals surface area contributed by atoms with Crippen LogP contribution in [0, 0.1) is 18.3 Å². The van der Waals surface area contributed by atoms with E-state index in [2.05, 4.69) is 23.9 Å². The van der Waals surface area contributed by atoms with Gasteiger partial charge < -0.3 is 5.32 Å². The van der Waals surface area contributed by atoms with E-state index < -0.39 is 10.0 Å². The first-order chi connectivity index (χ1) is 9.76. The highest BCUT2D eigenvalue weighted by Gasteiger charge is 2.45. The lowest BCUT2D eigenvalue weighted by Crippen LogP contribution is -2.27. The molecule has 1 aromatic carbocycles. The molecule has 0 bridgehead atoms. The van der Waals surface area contributed by atoms with Gasteiger partial charge in [0, 0.05) is 13.1 Å². The van der Waals surface area contributed by atoms with Crippen LogP contribution in [-0.4, -0.2) is 21.5 Å². The van der Waals surface area contributed by atoms with E-state index in [-0.39, 0.29) is 5.41 Å². The summed E-state index contributed by atoms with van der Waals surface area (Å²) in [5.74, 6) is 0.457. The van der Waals surface area contributed by atoms with Gasteiger partial charge in [0.1, 0.15) is 0 Å². The highest BCUT2D eigenvalue weighted by atomic mass is 32.2. The van der Waals surface area contributed by atoms with Crippen molar-refractivity contribution in [3.63, 3.8) is 0 Å². The Kier molecular flexibility index (Phi) is 4.76. The van der Waals surface area contributed by atoms with E-state index in [1.54, 1.807) is 12.1 Å². The molecular formula is C16H26N2O2S. The van der Waals surface area contributed by atoms with Gasteiger partial charge in [-0.25, -0.2) is 13.1 Å². The normalized spacial score (nSPS) is 20.5. The predicted octanol–water partition coefficient (Wildman–Crippen LogP) is 2.43. The Morgan fingerprint density at radius 2 is 2.00 bits per heavy atom. The van der Waals surface area contributed by atoms with Gasteiger partial charge in [-0.15, -0.1) is 0 Å². The van der Waals surface area contributed by atoms with Crippen LogP contribution in [0.4, 0.5) is 0 Å². The van der Waals surface area contributed by atoms with Crippen molar-refractivity contribution in [2.45, 2.75) is 45.6 Å². The summed E-state index contributed by atoms with van der Waals surface area (Å²) in [6.45, 7) is 10.5. The molecule has 1 aliphatic carbocycles. The van der Waals surface area contributed by atoms with Crippen molar-refractivity contribution in [1.29, 1.82) is 0 Å². The number of nitrogens with one attached hydrogen (secondary N) is 2. The fourth-order valence-electron chi connectivity index (χ4n) is 2.48. The van der Waals surface area contributed by atoms with Crippen LogP contribution in [0.5, 0.6) is 0 Å². The second-order valence-electron chi connectivity index (χ2n) is 6.61. The molecule has 0 saturated heterocycles. The van der Waals surface area contributed by atoms with Crippen LogP contribution < -0.4 is 10.0 Å². The van der Waals surface area contributed by atoms with Crippen LogP contribution in [-0.2, 0) is 16.6 Å². The zero-order valence-corrected chi connectivity index (χ0v) is 14.2. The summed E-state index contributed by atoms with van der Waals surface area (Å²) in [5.41, 5.74) is 2.43. The molecule has 0 amide bonds. The SMILES string of the molecule is CCNCc1cc(S(=O)(=O)NCC2CC2(C)C)ccc1C. The molecule has 0 aromatic heterocycles. The van der Waals surface area contributed by atoms with Gasteiger partial charge in [0.05, 0.1) is 4.90 Å². The second-order valence-corrected chi connectivity index (χ2v) is 8.38. The Morgan fingerprint density at radius 1 is 1.33 bits per heavy atom. The molecule has 118 valence electrons. The smallest absolute Gasteiger partial charge is 0.240 e. The topological polar surface area (TPSA) is 58.2 Å². The molecule has 0 aliphatic heterocycles. The van der Waals surface area contributed by atoms with Gasteiger partial charge in [-0.05, 0) is 54.5 Å². The lowest BCUT2D eigenvalue weighted by atomic mass is 10.1. The van der Waals surface area contributed by atoms with Crippen LogP contribution >= 0.6 is 0 Å². The van der Waals surface area contributed by atoms with E-state index in [0.717, 1.165) is 24.1 Å². The van der Waals surface area contributed by atoms with Crippen LogP contribution in [0.2, 0.25) is 0 Å². The van der Waals surface area contributed by atoms with Crippen molar-refractivity contribution >= 4 is 10.0 Å². The number of aryl methyl sites for hydroxylation is 1. The van der Waals surface area contributed by atoms with E-state index in [1.807, 2.05) is 19.9 Å². The van der Waals surface area contributed by atoms with Gasteiger partial charge in [0.25, 0.3) is 0 Å². The van der Waals surface area contributed by atoms with Crippen molar-refractivity contribution in [1.82, 2.24) is 10.0 Å². The quantitative estimate of drug-likeness (QED) is 0.813. The summed E-state index contributed by atoms with van der Waals surface area (Å²) in [6, 6.07) is 5.34. The van der Waals surface area contributed by atoms with E-state index in [9.17, 15) is 8.42 Å². The Bertz CT molecular complexity index is 609.